The van der Waals surface area contributed by atoms with Gasteiger partial charge in [-0.15, -0.1) is 0 Å². The molecule has 0 saturated carbocycles. The molecular weight excluding hydrogens is 348 g/mol. The van der Waals surface area contributed by atoms with E-state index in [0.29, 0.717) is 5.92 Å². The number of allylic oxidation sites excluding steroid dienone is 1. The highest BCUT2D eigenvalue weighted by Crippen LogP contribution is 2.42. The van der Waals surface area contributed by atoms with Crippen molar-refractivity contribution in [3.63, 3.8) is 0 Å². The van der Waals surface area contributed by atoms with Gasteiger partial charge in [-0.05, 0) is 62.1 Å². The predicted molar refractivity (Wildman–Crippen MR) is 129 cm³/mol. The van der Waals surface area contributed by atoms with E-state index in [1.165, 1.54) is 50.9 Å². The van der Waals surface area contributed by atoms with Crippen molar-refractivity contribution >= 4 is 6.08 Å². The third kappa shape index (κ3) is 4.52. The summed E-state index contributed by atoms with van der Waals surface area (Å²) in [7, 11) is 0. The fraction of sp³-hybridized carbons (Fsp3) is 0.483. The summed E-state index contributed by atoms with van der Waals surface area (Å²) >= 11 is 0. The largest absolute Gasteiger partial charge is 0.0651 e. The topological polar surface area (TPSA) is 0 Å². The molecule has 0 spiro atoms. The highest BCUT2D eigenvalue weighted by molar-refractivity contribution is 5.86. The number of hydrogen-bond donors (Lipinski definition) is 0. The second kappa shape index (κ2) is 7.78. The number of hydrogen-bond acceptors (Lipinski definition) is 0. The Labute approximate surface area is 179 Å². The standard InChI is InChI=1S/C29H39/c1-10-11-20-12-13-21-14-22(19(2)3)17-26(21)27(20)23-15-24(28(4,5)6)18-25(16-23)29(7,8)9/h12-19H,10-11H2,1-9H3. The monoisotopic (exact) mass is 387 g/mol. The summed E-state index contributed by atoms with van der Waals surface area (Å²) in [6, 6.07) is 12.0. The van der Waals surface area contributed by atoms with Crippen molar-refractivity contribution in [3.05, 3.63) is 70.1 Å². The van der Waals surface area contributed by atoms with Gasteiger partial charge in [-0.3, -0.25) is 0 Å². The summed E-state index contributed by atoms with van der Waals surface area (Å²) < 4.78 is 0. The van der Waals surface area contributed by atoms with Crippen LogP contribution in [0.15, 0.2) is 35.9 Å². The predicted octanol–water partition coefficient (Wildman–Crippen LogP) is 8.51. The molecule has 0 aromatic heterocycles. The van der Waals surface area contributed by atoms with Crippen LogP contribution < -0.4 is 0 Å². The molecule has 1 radical (unpaired) electrons. The highest BCUT2D eigenvalue weighted by atomic mass is 14.3. The molecule has 0 N–H and O–H groups in total. The van der Waals surface area contributed by atoms with Gasteiger partial charge in [0, 0.05) is 6.42 Å². The fourth-order valence-electron chi connectivity index (χ4n) is 4.14. The minimum absolute atomic E-state index is 0.129. The number of aryl methyl sites for hydroxylation is 1. The van der Waals surface area contributed by atoms with Gasteiger partial charge in [-0.25, -0.2) is 0 Å². The molecule has 155 valence electrons. The van der Waals surface area contributed by atoms with Crippen LogP contribution in [0, 0.1) is 12.3 Å². The molecule has 0 heterocycles. The zero-order chi connectivity index (χ0) is 21.6. The quantitative estimate of drug-likeness (QED) is 0.493. The van der Waals surface area contributed by atoms with Crippen LogP contribution >= 0.6 is 0 Å². The second-order valence-electron chi connectivity index (χ2n) is 11.1. The summed E-state index contributed by atoms with van der Waals surface area (Å²) in [5.41, 5.74) is 11.7. The summed E-state index contributed by atoms with van der Waals surface area (Å²) in [5.74, 6) is 0.552. The van der Waals surface area contributed by atoms with Crippen molar-refractivity contribution in [1.82, 2.24) is 0 Å². The minimum atomic E-state index is 0.129. The number of rotatable bonds is 4. The van der Waals surface area contributed by atoms with E-state index in [2.05, 4.69) is 105 Å². The first-order valence-electron chi connectivity index (χ1n) is 11.3. The first-order valence-corrected chi connectivity index (χ1v) is 11.3. The zero-order valence-electron chi connectivity index (χ0n) is 20.0. The second-order valence-corrected chi connectivity index (χ2v) is 11.1. The van der Waals surface area contributed by atoms with Gasteiger partial charge in [-0.1, -0.05) is 111 Å². The van der Waals surface area contributed by atoms with E-state index < -0.39 is 0 Å². The molecule has 0 atom stereocenters. The van der Waals surface area contributed by atoms with E-state index in [0.717, 1.165) is 6.42 Å². The molecular formula is C29H39. The summed E-state index contributed by atoms with van der Waals surface area (Å²) in [4.78, 5) is 0. The summed E-state index contributed by atoms with van der Waals surface area (Å²) in [5, 5.41) is 0. The summed E-state index contributed by atoms with van der Waals surface area (Å²) in [6.45, 7) is 20.8. The lowest BCUT2D eigenvalue weighted by Gasteiger charge is -2.27. The molecule has 2 aromatic rings. The van der Waals surface area contributed by atoms with Crippen LogP contribution in [0.1, 0.15) is 96.6 Å². The number of benzene rings is 2. The highest BCUT2D eigenvalue weighted by Gasteiger charge is 2.25. The SMILES string of the molecule is CCCc1ccc2c(c1-c1cc(C(C)(C)C)cc(C(C)(C)C)c1)C=C(C(C)C)[CH]2. The zero-order valence-corrected chi connectivity index (χ0v) is 20.0. The minimum Gasteiger partial charge on any atom is -0.0651 e. The first-order chi connectivity index (χ1) is 13.4. The Morgan fingerprint density at radius 2 is 1.41 bits per heavy atom. The molecule has 0 heteroatoms. The van der Waals surface area contributed by atoms with Crippen molar-refractivity contribution in [2.45, 2.75) is 86.0 Å². The Hall–Kier alpha value is -1.82. The maximum absolute atomic E-state index is 2.45. The Morgan fingerprint density at radius 3 is 1.90 bits per heavy atom. The van der Waals surface area contributed by atoms with E-state index >= 15 is 0 Å². The Balaban J connectivity index is 2.32. The maximum atomic E-state index is 2.45. The molecule has 3 rings (SSSR count). The van der Waals surface area contributed by atoms with Gasteiger partial charge in [-0.2, -0.15) is 0 Å². The van der Waals surface area contributed by atoms with Gasteiger partial charge in [0.1, 0.15) is 0 Å². The van der Waals surface area contributed by atoms with Crippen LogP contribution in [0.2, 0.25) is 0 Å². The van der Waals surface area contributed by atoms with Crippen molar-refractivity contribution in [1.29, 1.82) is 0 Å². The maximum Gasteiger partial charge on any atom is 0.0167 e. The molecule has 0 fully saturated rings. The van der Waals surface area contributed by atoms with Crippen LogP contribution in [0.25, 0.3) is 17.2 Å². The molecule has 0 saturated heterocycles. The third-order valence-corrected chi connectivity index (χ3v) is 6.14. The Morgan fingerprint density at radius 1 is 0.828 bits per heavy atom. The molecule has 2 aromatic carbocycles. The van der Waals surface area contributed by atoms with Crippen molar-refractivity contribution in [3.8, 4) is 11.1 Å². The van der Waals surface area contributed by atoms with Crippen LogP contribution in [0.5, 0.6) is 0 Å². The lowest BCUT2D eigenvalue weighted by Crippen LogP contribution is -2.16. The van der Waals surface area contributed by atoms with Gasteiger partial charge >= 0.3 is 0 Å². The molecule has 1 aliphatic rings. The molecule has 0 amide bonds. The van der Waals surface area contributed by atoms with Gasteiger partial charge < -0.3 is 0 Å². The van der Waals surface area contributed by atoms with Gasteiger partial charge in [0.25, 0.3) is 0 Å². The first kappa shape index (κ1) is 21.9. The van der Waals surface area contributed by atoms with Crippen LogP contribution in [0.3, 0.4) is 0 Å². The third-order valence-electron chi connectivity index (χ3n) is 6.14. The molecule has 0 nitrogen and oxygen atoms in total. The Kier molecular flexibility index (Phi) is 5.87. The van der Waals surface area contributed by atoms with Crippen LogP contribution in [-0.4, -0.2) is 0 Å². The van der Waals surface area contributed by atoms with Gasteiger partial charge in [0.2, 0.25) is 0 Å². The molecule has 29 heavy (non-hydrogen) atoms. The van der Waals surface area contributed by atoms with E-state index in [1.54, 1.807) is 0 Å². The van der Waals surface area contributed by atoms with E-state index in [9.17, 15) is 0 Å². The normalized spacial score (nSPS) is 14.3. The van der Waals surface area contributed by atoms with Crippen LogP contribution in [0.4, 0.5) is 0 Å². The average molecular weight is 388 g/mol. The molecule has 0 aliphatic heterocycles. The Bertz CT molecular complexity index is 891. The summed E-state index contributed by atoms with van der Waals surface area (Å²) in [6.07, 6.45) is 7.12. The number of fused-ring (bicyclic) bond motifs is 1. The molecule has 1 aliphatic carbocycles. The lowest BCUT2D eigenvalue weighted by molar-refractivity contribution is 0.569. The van der Waals surface area contributed by atoms with Gasteiger partial charge in [0.05, 0.1) is 0 Å². The van der Waals surface area contributed by atoms with Crippen molar-refractivity contribution in [2.75, 3.05) is 0 Å². The lowest BCUT2D eigenvalue weighted by atomic mass is 9.78. The van der Waals surface area contributed by atoms with Crippen LogP contribution in [-0.2, 0) is 17.3 Å². The average Bonchev–Trinajstić information content (AvgIpc) is 3.04. The van der Waals surface area contributed by atoms with Crippen molar-refractivity contribution in [2.24, 2.45) is 5.92 Å². The fourth-order valence-corrected chi connectivity index (χ4v) is 4.14. The molecule has 0 unspecified atom stereocenters. The van der Waals surface area contributed by atoms with Crippen molar-refractivity contribution < 1.29 is 0 Å². The van der Waals surface area contributed by atoms with E-state index in [1.807, 2.05) is 0 Å². The molecule has 0 bridgehead atoms. The van der Waals surface area contributed by atoms with E-state index in [-0.39, 0.29) is 10.8 Å². The smallest absolute Gasteiger partial charge is 0.0167 e. The van der Waals surface area contributed by atoms with Gasteiger partial charge in [0.15, 0.2) is 0 Å². The van der Waals surface area contributed by atoms with E-state index in [4.69, 9.17) is 0 Å².